The lowest BCUT2D eigenvalue weighted by molar-refractivity contribution is 0.0675. The monoisotopic (exact) mass is 321 g/mol. The summed E-state index contributed by atoms with van der Waals surface area (Å²) in [6, 6.07) is 13.9. The summed E-state index contributed by atoms with van der Waals surface area (Å²) in [7, 11) is 1.60. The highest BCUT2D eigenvalue weighted by Gasteiger charge is 2.34. The largest absolute Gasteiger partial charge is 0.497 e. The first-order valence-electron chi connectivity index (χ1n) is 7.38. The van der Waals surface area contributed by atoms with Crippen molar-refractivity contribution in [3.05, 3.63) is 59.7 Å². The van der Waals surface area contributed by atoms with E-state index >= 15 is 0 Å². The third-order valence-corrected chi connectivity index (χ3v) is 3.61. The maximum absolute atomic E-state index is 12.1. The van der Waals surface area contributed by atoms with Gasteiger partial charge < -0.3 is 9.47 Å². The summed E-state index contributed by atoms with van der Waals surface area (Å²) in [6.07, 6.45) is 0. The number of fused-ring (bicyclic) bond motifs is 1. The third kappa shape index (κ3) is 3.08. The maximum atomic E-state index is 12.1. The number of hydrogen-bond donors (Lipinski definition) is 0. The molecule has 24 heavy (non-hydrogen) atoms. The van der Waals surface area contributed by atoms with Gasteiger partial charge in [-0.3, -0.25) is 14.5 Å². The normalized spacial score (nSPS) is 12.5. The number of ether oxygens (including phenoxy) is 2. The van der Waals surface area contributed by atoms with Gasteiger partial charge in [-0.05, 0) is 36.4 Å². The van der Waals surface area contributed by atoms with Gasteiger partial charge in [-0.1, -0.05) is 24.0 Å². The van der Waals surface area contributed by atoms with Gasteiger partial charge in [0.1, 0.15) is 18.1 Å². The Bertz CT molecular complexity index is 795. The quantitative estimate of drug-likeness (QED) is 0.641. The minimum Gasteiger partial charge on any atom is -0.497 e. The minimum absolute atomic E-state index is 0.0539. The Hall–Kier alpha value is -3.26. The Morgan fingerprint density at radius 2 is 1.46 bits per heavy atom. The Morgan fingerprint density at radius 3 is 2.04 bits per heavy atom. The van der Waals surface area contributed by atoms with Gasteiger partial charge >= 0.3 is 0 Å². The lowest BCUT2D eigenvalue weighted by atomic mass is 10.1. The van der Waals surface area contributed by atoms with Crippen LogP contribution in [0.3, 0.4) is 0 Å². The van der Waals surface area contributed by atoms with Crippen LogP contribution < -0.4 is 9.47 Å². The van der Waals surface area contributed by atoms with E-state index in [0.717, 1.165) is 10.6 Å². The molecule has 2 aromatic rings. The minimum atomic E-state index is -0.305. The topological polar surface area (TPSA) is 55.8 Å². The molecule has 0 radical (unpaired) electrons. The SMILES string of the molecule is COc1ccc(OCC#CCN2C(=O)c3ccccc3C2=O)cc1. The van der Waals surface area contributed by atoms with Crippen molar-refractivity contribution in [1.82, 2.24) is 4.90 Å². The first-order chi connectivity index (χ1) is 11.7. The van der Waals surface area contributed by atoms with Crippen LogP contribution in [0.25, 0.3) is 0 Å². The number of hydrogen-bond acceptors (Lipinski definition) is 4. The first-order valence-corrected chi connectivity index (χ1v) is 7.38. The molecule has 1 heterocycles. The molecule has 3 rings (SSSR count). The summed E-state index contributed by atoms with van der Waals surface area (Å²) in [4.78, 5) is 25.4. The highest BCUT2D eigenvalue weighted by Crippen LogP contribution is 2.21. The van der Waals surface area contributed by atoms with Gasteiger partial charge in [0.2, 0.25) is 0 Å². The average Bonchev–Trinajstić information content (AvgIpc) is 2.87. The molecule has 120 valence electrons. The van der Waals surface area contributed by atoms with Crippen molar-refractivity contribution in [3.63, 3.8) is 0 Å². The molecule has 2 aromatic carbocycles. The van der Waals surface area contributed by atoms with E-state index in [4.69, 9.17) is 9.47 Å². The first kappa shape index (κ1) is 15.6. The lowest BCUT2D eigenvalue weighted by Crippen LogP contribution is -2.30. The fourth-order valence-electron chi connectivity index (χ4n) is 2.36. The Balaban J connectivity index is 1.55. The second-order valence-electron chi connectivity index (χ2n) is 5.06. The number of nitrogens with zero attached hydrogens (tertiary/aromatic N) is 1. The van der Waals surface area contributed by atoms with Gasteiger partial charge in [0.05, 0.1) is 24.8 Å². The number of rotatable bonds is 4. The van der Waals surface area contributed by atoms with Gasteiger partial charge in [0, 0.05) is 0 Å². The molecular formula is C19H15NO4. The van der Waals surface area contributed by atoms with E-state index < -0.39 is 0 Å². The van der Waals surface area contributed by atoms with Crippen LogP contribution in [0.1, 0.15) is 20.7 Å². The lowest BCUT2D eigenvalue weighted by Gasteiger charge is -2.08. The van der Waals surface area contributed by atoms with Crippen LogP contribution in [0, 0.1) is 11.8 Å². The smallest absolute Gasteiger partial charge is 0.262 e. The molecule has 0 atom stereocenters. The molecule has 2 amide bonds. The number of methoxy groups -OCH3 is 1. The summed E-state index contributed by atoms with van der Waals surface area (Å²) in [5, 5.41) is 0. The molecule has 0 bridgehead atoms. The summed E-state index contributed by atoms with van der Waals surface area (Å²) in [5.74, 6) is 6.42. The summed E-state index contributed by atoms with van der Waals surface area (Å²) < 4.78 is 10.5. The summed E-state index contributed by atoms with van der Waals surface area (Å²) >= 11 is 0. The van der Waals surface area contributed by atoms with Crippen LogP contribution in [0.15, 0.2) is 48.5 Å². The van der Waals surface area contributed by atoms with Crippen LogP contribution >= 0.6 is 0 Å². The van der Waals surface area contributed by atoms with E-state index in [1.165, 1.54) is 0 Å². The molecule has 0 aliphatic carbocycles. The number of carbonyl (C=O) groups excluding carboxylic acids is 2. The Kier molecular flexibility index (Phi) is 4.48. The molecule has 5 nitrogen and oxygen atoms in total. The van der Waals surface area contributed by atoms with Gasteiger partial charge in [0.25, 0.3) is 11.8 Å². The highest BCUT2D eigenvalue weighted by atomic mass is 16.5. The zero-order valence-corrected chi connectivity index (χ0v) is 13.1. The molecule has 0 unspecified atom stereocenters. The van der Waals surface area contributed by atoms with Crippen molar-refractivity contribution >= 4 is 11.8 Å². The average molecular weight is 321 g/mol. The molecule has 0 aromatic heterocycles. The number of amides is 2. The molecule has 0 saturated carbocycles. The van der Waals surface area contributed by atoms with Gasteiger partial charge in [-0.25, -0.2) is 0 Å². The van der Waals surface area contributed by atoms with E-state index in [1.807, 2.05) is 0 Å². The van der Waals surface area contributed by atoms with Crippen molar-refractivity contribution in [2.24, 2.45) is 0 Å². The summed E-state index contributed by atoms with van der Waals surface area (Å²) in [6.45, 7) is 0.230. The second-order valence-corrected chi connectivity index (χ2v) is 5.06. The molecule has 0 N–H and O–H groups in total. The maximum Gasteiger partial charge on any atom is 0.262 e. The molecule has 0 saturated heterocycles. The van der Waals surface area contributed by atoms with Crippen molar-refractivity contribution in [3.8, 4) is 23.3 Å². The van der Waals surface area contributed by atoms with Crippen LogP contribution in [-0.2, 0) is 0 Å². The van der Waals surface area contributed by atoms with Crippen molar-refractivity contribution in [2.45, 2.75) is 0 Å². The number of benzene rings is 2. The zero-order valence-electron chi connectivity index (χ0n) is 13.1. The van der Waals surface area contributed by atoms with Crippen LogP contribution in [-0.4, -0.2) is 37.0 Å². The van der Waals surface area contributed by atoms with Crippen LogP contribution in [0.5, 0.6) is 11.5 Å². The molecule has 1 aliphatic heterocycles. The van der Waals surface area contributed by atoms with E-state index in [2.05, 4.69) is 11.8 Å². The highest BCUT2D eigenvalue weighted by molar-refractivity contribution is 6.21. The fraction of sp³-hybridized carbons (Fsp3) is 0.158. The molecule has 5 heteroatoms. The van der Waals surface area contributed by atoms with Crippen molar-refractivity contribution < 1.29 is 19.1 Å². The molecule has 0 fully saturated rings. The molecule has 1 aliphatic rings. The van der Waals surface area contributed by atoms with E-state index in [-0.39, 0.29) is 25.0 Å². The standard InChI is InChI=1S/C19H15NO4/c1-23-14-8-10-15(11-9-14)24-13-5-4-12-20-18(21)16-6-2-3-7-17(16)19(20)22/h2-3,6-11H,12-13H2,1H3. The summed E-state index contributed by atoms with van der Waals surface area (Å²) in [5.41, 5.74) is 0.859. The predicted octanol–water partition coefficient (Wildman–Crippen LogP) is 2.37. The third-order valence-electron chi connectivity index (χ3n) is 3.61. The van der Waals surface area contributed by atoms with E-state index in [1.54, 1.807) is 55.6 Å². The Morgan fingerprint density at radius 1 is 0.875 bits per heavy atom. The van der Waals surface area contributed by atoms with Crippen LogP contribution in [0.2, 0.25) is 0 Å². The second kappa shape index (κ2) is 6.88. The predicted molar refractivity (Wildman–Crippen MR) is 88.1 cm³/mol. The number of carbonyl (C=O) groups is 2. The van der Waals surface area contributed by atoms with Gasteiger partial charge in [-0.15, -0.1) is 0 Å². The van der Waals surface area contributed by atoms with Crippen molar-refractivity contribution in [2.75, 3.05) is 20.3 Å². The number of imide groups is 1. The van der Waals surface area contributed by atoms with E-state index in [9.17, 15) is 9.59 Å². The van der Waals surface area contributed by atoms with Gasteiger partial charge in [-0.2, -0.15) is 0 Å². The van der Waals surface area contributed by atoms with Crippen molar-refractivity contribution in [1.29, 1.82) is 0 Å². The fourth-order valence-corrected chi connectivity index (χ4v) is 2.36. The van der Waals surface area contributed by atoms with Gasteiger partial charge in [0.15, 0.2) is 0 Å². The molecule has 0 spiro atoms. The van der Waals surface area contributed by atoms with Crippen LogP contribution in [0.4, 0.5) is 0 Å². The molecular weight excluding hydrogens is 306 g/mol. The Labute approximate surface area is 139 Å². The van der Waals surface area contributed by atoms with E-state index in [0.29, 0.717) is 16.9 Å². The zero-order chi connectivity index (χ0) is 16.9.